The van der Waals surface area contributed by atoms with E-state index in [4.69, 9.17) is 27.9 Å². The van der Waals surface area contributed by atoms with Crippen LogP contribution in [0.3, 0.4) is 0 Å². The Morgan fingerprint density at radius 2 is 1.93 bits per heavy atom. The highest BCUT2D eigenvalue weighted by Gasteiger charge is 2.29. The minimum absolute atomic E-state index is 0.151. The van der Waals surface area contributed by atoms with Gasteiger partial charge in [-0.3, -0.25) is 9.69 Å². The van der Waals surface area contributed by atoms with Crippen LogP contribution in [-0.4, -0.2) is 67.6 Å². The molecular weight excluding hydrogens is 389 g/mol. The summed E-state index contributed by atoms with van der Waals surface area (Å²) in [5, 5.41) is 3.30. The SMILES string of the molecule is COC(=O)c1cc(Cl)cc(Cl)c1NC(=O)CN1CCCC1CN1CCCC1. The van der Waals surface area contributed by atoms with E-state index in [2.05, 4.69) is 15.1 Å². The van der Waals surface area contributed by atoms with Crippen LogP contribution in [-0.2, 0) is 9.53 Å². The van der Waals surface area contributed by atoms with Gasteiger partial charge in [0.1, 0.15) is 0 Å². The summed E-state index contributed by atoms with van der Waals surface area (Å²) in [7, 11) is 1.27. The Morgan fingerprint density at radius 1 is 1.19 bits per heavy atom. The number of hydrogen-bond donors (Lipinski definition) is 1. The molecule has 2 heterocycles. The van der Waals surface area contributed by atoms with Gasteiger partial charge in [-0.25, -0.2) is 4.79 Å². The van der Waals surface area contributed by atoms with Crippen LogP contribution in [0.1, 0.15) is 36.0 Å². The van der Waals surface area contributed by atoms with Crippen molar-refractivity contribution < 1.29 is 14.3 Å². The number of likely N-dealkylation sites (tertiary alicyclic amines) is 2. The van der Waals surface area contributed by atoms with Gasteiger partial charge in [0.15, 0.2) is 0 Å². The van der Waals surface area contributed by atoms with Crippen LogP contribution in [0.4, 0.5) is 5.69 Å². The molecule has 0 aliphatic carbocycles. The van der Waals surface area contributed by atoms with Gasteiger partial charge in [-0.05, 0) is 57.5 Å². The van der Waals surface area contributed by atoms with E-state index in [-0.39, 0.29) is 28.7 Å². The lowest BCUT2D eigenvalue weighted by Gasteiger charge is -2.28. The summed E-state index contributed by atoms with van der Waals surface area (Å²) >= 11 is 12.2. The molecule has 2 fully saturated rings. The fraction of sp³-hybridized carbons (Fsp3) is 0.579. The third-order valence-corrected chi connectivity index (χ3v) is 5.75. The van der Waals surface area contributed by atoms with Crippen molar-refractivity contribution in [1.82, 2.24) is 9.80 Å². The van der Waals surface area contributed by atoms with Crippen molar-refractivity contribution in [2.75, 3.05) is 45.2 Å². The second kappa shape index (κ2) is 9.24. The van der Waals surface area contributed by atoms with E-state index < -0.39 is 5.97 Å². The topological polar surface area (TPSA) is 61.9 Å². The minimum atomic E-state index is -0.595. The van der Waals surface area contributed by atoms with Crippen LogP contribution < -0.4 is 5.32 Å². The second-order valence-corrected chi connectivity index (χ2v) is 7.97. The van der Waals surface area contributed by atoms with E-state index in [1.807, 2.05) is 0 Å². The Labute approximate surface area is 169 Å². The normalized spacial score (nSPS) is 20.8. The zero-order chi connectivity index (χ0) is 19.4. The fourth-order valence-corrected chi connectivity index (χ4v) is 4.45. The van der Waals surface area contributed by atoms with Gasteiger partial charge in [0.25, 0.3) is 0 Å². The maximum atomic E-state index is 12.6. The summed E-state index contributed by atoms with van der Waals surface area (Å²) in [6, 6.07) is 3.34. The summed E-state index contributed by atoms with van der Waals surface area (Å²) < 4.78 is 4.77. The lowest BCUT2D eigenvalue weighted by molar-refractivity contribution is -0.117. The molecule has 1 aromatic carbocycles. The Balaban J connectivity index is 1.66. The molecule has 1 N–H and O–H groups in total. The Kier molecular flexibility index (Phi) is 6.98. The van der Waals surface area contributed by atoms with Gasteiger partial charge in [0, 0.05) is 17.6 Å². The number of carbonyl (C=O) groups is 2. The van der Waals surface area contributed by atoms with Gasteiger partial charge in [-0.1, -0.05) is 23.2 Å². The van der Waals surface area contributed by atoms with Gasteiger partial charge >= 0.3 is 5.97 Å². The molecule has 1 atom stereocenters. The number of nitrogens with one attached hydrogen (secondary N) is 1. The number of nitrogens with zero attached hydrogens (tertiary/aromatic N) is 2. The molecule has 2 aliphatic heterocycles. The summed E-state index contributed by atoms with van der Waals surface area (Å²) in [5.74, 6) is -0.791. The number of carbonyl (C=O) groups excluding carboxylic acids is 2. The summed E-state index contributed by atoms with van der Waals surface area (Å²) in [6.45, 7) is 4.50. The van der Waals surface area contributed by atoms with Crippen molar-refractivity contribution >= 4 is 40.8 Å². The number of hydrogen-bond acceptors (Lipinski definition) is 5. The predicted molar refractivity (Wildman–Crippen MR) is 107 cm³/mol. The molecule has 1 amide bonds. The molecule has 1 unspecified atom stereocenters. The zero-order valence-electron chi connectivity index (χ0n) is 15.5. The van der Waals surface area contributed by atoms with Gasteiger partial charge in [-0.2, -0.15) is 0 Å². The van der Waals surface area contributed by atoms with Crippen molar-refractivity contribution in [3.05, 3.63) is 27.7 Å². The van der Waals surface area contributed by atoms with Crippen molar-refractivity contribution in [3.8, 4) is 0 Å². The predicted octanol–water partition coefficient (Wildman–Crippen LogP) is 3.28. The van der Waals surface area contributed by atoms with Crippen LogP contribution >= 0.6 is 23.2 Å². The van der Waals surface area contributed by atoms with E-state index >= 15 is 0 Å². The smallest absolute Gasteiger partial charge is 0.340 e. The molecule has 0 radical (unpaired) electrons. The molecule has 3 rings (SSSR count). The quantitative estimate of drug-likeness (QED) is 0.724. The van der Waals surface area contributed by atoms with Crippen molar-refractivity contribution in [2.24, 2.45) is 0 Å². The maximum Gasteiger partial charge on any atom is 0.340 e. The first kappa shape index (κ1) is 20.4. The monoisotopic (exact) mass is 413 g/mol. The lowest BCUT2D eigenvalue weighted by Crippen LogP contribution is -2.42. The minimum Gasteiger partial charge on any atom is -0.465 e. The first-order chi connectivity index (χ1) is 13.0. The summed E-state index contributed by atoms with van der Waals surface area (Å²) in [6.07, 6.45) is 4.73. The van der Waals surface area contributed by atoms with Gasteiger partial charge < -0.3 is 15.0 Å². The number of methoxy groups -OCH3 is 1. The molecule has 0 aromatic heterocycles. The highest BCUT2D eigenvalue weighted by Crippen LogP contribution is 2.31. The van der Waals surface area contributed by atoms with Crippen LogP contribution in [0.15, 0.2) is 12.1 Å². The number of benzene rings is 1. The van der Waals surface area contributed by atoms with Crippen LogP contribution in [0.25, 0.3) is 0 Å². The molecule has 0 saturated carbocycles. The van der Waals surface area contributed by atoms with E-state index in [9.17, 15) is 9.59 Å². The Morgan fingerprint density at radius 3 is 2.63 bits per heavy atom. The van der Waals surface area contributed by atoms with Crippen LogP contribution in [0.5, 0.6) is 0 Å². The highest BCUT2D eigenvalue weighted by atomic mass is 35.5. The molecule has 2 saturated heterocycles. The molecule has 27 heavy (non-hydrogen) atoms. The first-order valence-corrected chi connectivity index (χ1v) is 10.1. The molecular formula is C19H25Cl2N3O3. The first-order valence-electron chi connectivity index (χ1n) is 9.31. The summed E-state index contributed by atoms with van der Waals surface area (Å²) in [5.41, 5.74) is 0.395. The van der Waals surface area contributed by atoms with E-state index in [1.165, 1.54) is 32.1 Å². The average Bonchev–Trinajstić information content (AvgIpc) is 3.29. The van der Waals surface area contributed by atoms with Gasteiger partial charge in [0.2, 0.25) is 5.91 Å². The third kappa shape index (κ3) is 5.13. The number of ether oxygens (including phenoxy) is 1. The number of anilines is 1. The largest absolute Gasteiger partial charge is 0.465 e. The molecule has 8 heteroatoms. The molecule has 6 nitrogen and oxygen atoms in total. The highest BCUT2D eigenvalue weighted by molar-refractivity contribution is 6.37. The lowest BCUT2D eigenvalue weighted by atomic mass is 10.1. The number of amides is 1. The third-order valence-electron chi connectivity index (χ3n) is 5.24. The van der Waals surface area contributed by atoms with Crippen LogP contribution in [0.2, 0.25) is 10.0 Å². The average molecular weight is 414 g/mol. The Hall–Kier alpha value is -1.34. The van der Waals surface area contributed by atoms with Crippen molar-refractivity contribution in [2.45, 2.75) is 31.7 Å². The number of halogens is 2. The molecule has 0 spiro atoms. The molecule has 0 bridgehead atoms. The van der Waals surface area contributed by atoms with E-state index in [0.717, 1.165) is 39.0 Å². The Bertz CT molecular complexity index is 708. The maximum absolute atomic E-state index is 12.6. The summed E-state index contributed by atoms with van der Waals surface area (Å²) in [4.78, 5) is 29.3. The van der Waals surface area contributed by atoms with Crippen LogP contribution in [0, 0.1) is 0 Å². The van der Waals surface area contributed by atoms with Gasteiger partial charge in [-0.15, -0.1) is 0 Å². The standard InChI is InChI=1S/C19H25Cl2N3O3/c1-27-19(26)15-9-13(20)10-16(21)18(15)22-17(25)12-24-8-4-5-14(24)11-23-6-2-3-7-23/h9-10,14H,2-8,11-12H2,1H3,(H,22,25). The van der Waals surface area contributed by atoms with Gasteiger partial charge in [0.05, 0.1) is 29.9 Å². The van der Waals surface area contributed by atoms with E-state index in [0.29, 0.717) is 11.1 Å². The van der Waals surface area contributed by atoms with Crippen molar-refractivity contribution in [1.29, 1.82) is 0 Å². The fourth-order valence-electron chi connectivity index (χ4n) is 3.91. The van der Waals surface area contributed by atoms with Crippen molar-refractivity contribution in [3.63, 3.8) is 0 Å². The zero-order valence-corrected chi connectivity index (χ0v) is 17.0. The number of esters is 1. The molecule has 1 aromatic rings. The molecule has 148 valence electrons. The number of rotatable bonds is 6. The molecule has 2 aliphatic rings. The van der Waals surface area contributed by atoms with E-state index in [1.54, 1.807) is 0 Å². The second-order valence-electron chi connectivity index (χ2n) is 7.12.